The van der Waals surface area contributed by atoms with Crippen molar-refractivity contribution < 1.29 is 5.11 Å². The predicted molar refractivity (Wildman–Crippen MR) is 48.7 cm³/mol. The highest BCUT2D eigenvalue weighted by Gasteiger charge is 2.45. The lowest BCUT2D eigenvalue weighted by atomic mass is 9.89. The van der Waals surface area contributed by atoms with E-state index in [0.717, 1.165) is 17.1 Å². The molecule has 0 amide bonds. The molecule has 4 atom stereocenters. The van der Waals surface area contributed by atoms with Crippen molar-refractivity contribution in [1.29, 1.82) is 0 Å². The predicted octanol–water partition coefficient (Wildman–Crippen LogP) is 1.76. The third-order valence-electron chi connectivity index (χ3n) is 3.43. The molecule has 1 N–H and O–H groups in total. The standard InChI is InChI=1S/C9H16OS/c1-11-9-4-6-2-7(5-10)8(9)3-6/h6-10H,2-5H2,1H3/t6-,7+,8+,9+/m0/s1. The lowest BCUT2D eigenvalue weighted by molar-refractivity contribution is 0.180. The van der Waals surface area contributed by atoms with Gasteiger partial charge in [-0.15, -0.1) is 0 Å². The molecule has 0 heterocycles. The molecule has 0 aromatic rings. The van der Waals surface area contributed by atoms with Crippen LogP contribution in [-0.4, -0.2) is 23.2 Å². The summed E-state index contributed by atoms with van der Waals surface area (Å²) in [6.45, 7) is 0.429. The maximum absolute atomic E-state index is 9.09. The van der Waals surface area contributed by atoms with Crippen LogP contribution in [0.4, 0.5) is 0 Å². The Morgan fingerprint density at radius 2 is 2.18 bits per heavy atom. The van der Waals surface area contributed by atoms with Gasteiger partial charge in [0.15, 0.2) is 0 Å². The zero-order chi connectivity index (χ0) is 7.84. The van der Waals surface area contributed by atoms with Gasteiger partial charge in [0, 0.05) is 11.9 Å². The van der Waals surface area contributed by atoms with Crippen LogP contribution in [0.25, 0.3) is 0 Å². The fraction of sp³-hybridized carbons (Fsp3) is 1.00. The maximum Gasteiger partial charge on any atom is 0.0462 e. The Balaban J connectivity index is 2.02. The highest BCUT2D eigenvalue weighted by atomic mass is 32.2. The van der Waals surface area contributed by atoms with Crippen LogP contribution in [0.3, 0.4) is 0 Å². The summed E-state index contributed by atoms with van der Waals surface area (Å²) in [5, 5.41) is 9.96. The van der Waals surface area contributed by atoms with Gasteiger partial charge in [-0.1, -0.05) is 0 Å². The van der Waals surface area contributed by atoms with Crippen LogP contribution in [-0.2, 0) is 0 Å². The van der Waals surface area contributed by atoms with Crippen molar-refractivity contribution in [3.05, 3.63) is 0 Å². The SMILES string of the molecule is CS[C@@H]1C[C@H]2C[C@H](CO)[C@H]1C2. The normalized spacial score (nSPS) is 48.5. The molecule has 0 aromatic carbocycles. The molecule has 2 bridgehead atoms. The molecule has 64 valence electrons. The molecule has 2 heteroatoms. The van der Waals surface area contributed by atoms with E-state index in [0.29, 0.717) is 12.5 Å². The van der Waals surface area contributed by atoms with Crippen molar-refractivity contribution in [2.24, 2.45) is 17.8 Å². The minimum Gasteiger partial charge on any atom is -0.396 e. The fourth-order valence-corrected chi connectivity index (χ4v) is 4.06. The van der Waals surface area contributed by atoms with Gasteiger partial charge in [-0.2, -0.15) is 11.8 Å². The van der Waals surface area contributed by atoms with Crippen LogP contribution in [0.5, 0.6) is 0 Å². The summed E-state index contributed by atoms with van der Waals surface area (Å²) in [5.41, 5.74) is 0. The lowest BCUT2D eigenvalue weighted by Gasteiger charge is -2.26. The Morgan fingerprint density at radius 3 is 2.73 bits per heavy atom. The largest absolute Gasteiger partial charge is 0.396 e. The first-order valence-corrected chi connectivity index (χ1v) is 5.77. The van der Waals surface area contributed by atoms with E-state index >= 15 is 0 Å². The quantitative estimate of drug-likeness (QED) is 0.685. The first-order chi connectivity index (χ1) is 5.35. The monoisotopic (exact) mass is 172 g/mol. The molecule has 2 fully saturated rings. The van der Waals surface area contributed by atoms with Crippen LogP contribution in [0.1, 0.15) is 19.3 Å². The fourth-order valence-electron chi connectivity index (χ4n) is 2.91. The van der Waals surface area contributed by atoms with E-state index in [2.05, 4.69) is 6.26 Å². The summed E-state index contributed by atoms with van der Waals surface area (Å²) in [4.78, 5) is 0. The summed E-state index contributed by atoms with van der Waals surface area (Å²) < 4.78 is 0. The highest BCUT2D eigenvalue weighted by Crippen LogP contribution is 2.51. The molecule has 2 aliphatic carbocycles. The molecule has 0 radical (unpaired) electrons. The van der Waals surface area contributed by atoms with E-state index in [-0.39, 0.29) is 0 Å². The molecule has 0 aliphatic heterocycles. The van der Waals surface area contributed by atoms with Gasteiger partial charge < -0.3 is 5.11 Å². The average molecular weight is 172 g/mol. The summed E-state index contributed by atoms with van der Waals surface area (Å²) in [7, 11) is 0. The molecule has 2 saturated carbocycles. The number of aliphatic hydroxyl groups excluding tert-OH is 1. The second-order valence-corrected chi connectivity index (χ2v) is 5.03. The number of hydrogen-bond acceptors (Lipinski definition) is 2. The third kappa shape index (κ3) is 1.20. The van der Waals surface area contributed by atoms with Crippen molar-refractivity contribution in [3.8, 4) is 0 Å². The van der Waals surface area contributed by atoms with Gasteiger partial charge in [0.05, 0.1) is 0 Å². The second kappa shape index (κ2) is 2.98. The van der Waals surface area contributed by atoms with Crippen molar-refractivity contribution in [2.75, 3.05) is 12.9 Å². The van der Waals surface area contributed by atoms with Crippen molar-refractivity contribution in [3.63, 3.8) is 0 Å². The third-order valence-corrected chi connectivity index (χ3v) is 4.58. The first-order valence-electron chi connectivity index (χ1n) is 4.48. The molecule has 2 aliphatic rings. The van der Waals surface area contributed by atoms with Crippen LogP contribution in [0, 0.1) is 17.8 Å². The average Bonchev–Trinajstić information content (AvgIpc) is 2.60. The molecular weight excluding hydrogens is 156 g/mol. The Labute approximate surface area is 72.6 Å². The van der Waals surface area contributed by atoms with Crippen molar-refractivity contribution >= 4 is 11.8 Å². The molecule has 0 saturated heterocycles. The Hall–Kier alpha value is 0.310. The summed E-state index contributed by atoms with van der Waals surface area (Å²) >= 11 is 2.00. The number of thioether (sulfide) groups is 1. The molecule has 11 heavy (non-hydrogen) atoms. The second-order valence-electron chi connectivity index (χ2n) is 3.95. The zero-order valence-electron chi connectivity index (χ0n) is 6.99. The van der Waals surface area contributed by atoms with Gasteiger partial charge in [0.2, 0.25) is 0 Å². The molecule has 0 aromatic heterocycles. The number of hydrogen-bond donors (Lipinski definition) is 1. The van der Waals surface area contributed by atoms with Crippen LogP contribution in [0.2, 0.25) is 0 Å². The van der Waals surface area contributed by atoms with E-state index in [1.807, 2.05) is 11.8 Å². The van der Waals surface area contributed by atoms with Gasteiger partial charge in [-0.05, 0) is 43.3 Å². The molecule has 0 unspecified atom stereocenters. The number of aliphatic hydroxyl groups is 1. The van der Waals surface area contributed by atoms with Crippen LogP contribution < -0.4 is 0 Å². The Kier molecular flexibility index (Phi) is 2.15. The first kappa shape index (κ1) is 7.93. The highest BCUT2D eigenvalue weighted by molar-refractivity contribution is 7.99. The van der Waals surface area contributed by atoms with E-state index < -0.39 is 0 Å². The summed E-state index contributed by atoms with van der Waals surface area (Å²) in [6, 6.07) is 0. The number of fused-ring (bicyclic) bond motifs is 2. The van der Waals surface area contributed by atoms with Gasteiger partial charge in [0.25, 0.3) is 0 Å². The summed E-state index contributed by atoms with van der Waals surface area (Å²) in [5.74, 6) is 2.45. The lowest BCUT2D eigenvalue weighted by Crippen LogP contribution is -2.24. The van der Waals surface area contributed by atoms with Gasteiger partial charge in [0.1, 0.15) is 0 Å². The minimum absolute atomic E-state index is 0.429. The van der Waals surface area contributed by atoms with E-state index in [1.165, 1.54) is 19.3 Å². The molecule has 1 nitrogen and oxygen atoms in total. The topological polar surface area (TPSA) is 20.2 Å². The zero-order valence-corrected chi connectivity index (χ0v) is 7.81. The summed E-state index contributed by atoms with van der Waals surface area (Å²) in [6.07, 6.45) is 6.33. The van der Waals surface area contributed by atoms with Crippen LogP contribution in [0.15, 0.2) is 0 Å². The molecule has 2 rings (SSSR count). The van der Waals surface area contributed by atoms with Gasteiger partial charge in [-0.25, -0.2) is 0 Å². The van der Waals surface area contributed by atoms with E-state index in [4.69, 9.17) is 5.11 Å². The molecule has 0 spiro atoms. The maximum atomic E-state index is 9.09. The van der Waals surface area contributed by atoms with E-state index in [1.54, 1.807) is 0 Å². The minimum atomic E-state index is 0.429. The van der Waals surface area contributed by atoms with E-state index in [9.17, 15) is 0 Å². The Morgan fingerprint density at radius 1 is 1.36 bits per heavy atom. The smallest absolute Gasteiger partial charge is 0.0462 e. The van der Waals surface area contributed by atoms with Crippen molar-refractivity contribution in [1.82, 2.24) is 0 Å². The Bertz CT molecular complexity index is 134. The van der Waals surface area contributed by atoms with Gasteiger partial charge in [-0.3, -0.25) is 0 Å². The van der Waals surface area contributed by atoms with Crippen LogP contribution >= 0.6 is 11.8 Å². The van der Waals surface area contributed by atoms with Gasteiger partial charge >= 0.3 is 0 Å². The molecular formula is C9H16OS. The van der Waals surface area contributed by atoms with Crippen molar-refractivity contribution in [2.45, 2.75) is 24.5 Å². The number of rotatable bonds is 2.